The lowest BCUT2D eigenvalue weighted by molar-refractivity contribution is 0.826. The van der Waals surface area contributed by atoms with E-state index in [1.165, 1.54) is 0 Å². The maximum Gasteiger partial charge on any atom is -0.00507 e. The molecule has 0 aliphatic rings. The van der Waals surface area contributed by atoms with Gasteiger partial charge in [0.25, 0.3) is 0 Å². The molecule has 0 aromatic carbocycles. The van der Waals surface area contributed by atoms with Crippen LogP contribution in [0.25, 0.3) is 0 Å². The van der Waals surface area contributed by atoms with Crippen LogP contribution < -0.4 is 0 Å². The van der Waals surface area contributed by atoms with Crippen molar-refractivity contribution in [1.29, 1.82) is 0 Å². The van der Waals surface area contributed by atoms with E-state index in [9.17, 15) is 0 Å². The predicted octanol–water partition coefficient (Wildman–Crippen LogP) is 2.22. The molecule has 0 aliphatic carbocycles. The summed E-state index contributed by atoms with van der Waals surface area (Å²) in [4.78, 5) is 0. The fourth-order valence-electron chi connectivity index (χ4n) is 0.548. The van der Waals surface area contributed by atoms with E-state index in [2.05, 4.69) is 25.8 Å². The van der Waals surface area contributed by atoms with Crippen molar-refractivity contribution in [3.8, 4) is 12.3 Å². The van der Waals surface area contributed by atoms with Crippen molar-refractivity contribution >= 4 is 0 Å². The topological polar surface area (TPSA) is 0 Å². The Bertz CT molecular complexity index is 121. The van der Waals surface area contributed by atoms with E-state index in [0.717, 1.165) is 5.57 Å². The van der Waals surface area contributed by atoms with Gasteiger partial charge in [0.2, 0.25) is 0 Å². The van der Waals surface area contributed by atoms with Crippen LogP contribution in [-0.2, 0) is 0 Å². The second-order valence-corrected chi connectivity index (χ2v) is 2.24. The van der Waals surface area contributed by atoms with E-state index >= 15 is 0 Å². The lowest BCUT2D eigenvalue weighted by atomic mass is 10.1. The second-order valence-electron chi connectivity index (χ2n) is 2.24. The summed E-state index contributed by atoms with van der Waals surface area (Å²) in [5, 5.41) is 0. The van der Waals surface area contributed by atoms with Crippen LogP contribution in [0, 0.1) is 18.3 Å². The summed E-state index contributed by atoms with van der Waals surface area (Å²) in [5.74, 6) is 3.13. The maximum absolute atomic E-state index is 5.10. The molecule has 0 N–H and O–H groups in total. The van der Waals surface area contributed by atoms with E-state index in [0.29, 0.717) is 5.92 Å². The van der Waals surface area contributed by atoms with Crippen molar-refractivity contribution in [2.24, 2.45) is 5.92 Å². The van der Waals surface area contributed by atoms with Crippen molar-refractivity contribution in [3.05, 3.63) is 11.6 Å². The SMILES string of the molecule is C#C/C(C)=C/C(C)C. The highest BCUT2D eigenvalue weighted by atomic mass is 13.9. The summed E-state index contributed by atoms with van der Waals surface area (Å²) in [6, 6.07) is 0. The molecule has 0 aromatic rings. The average Bonchev–Trinajstić information content (AvgIpc) is 1.65. The smallest absolute Gasteiger partial charge is 0.00507 e. The van der Waals surface area contributed by atoms with E-state index in [4.69, 9.17) is 6.42 Å². The fourth-order valence-corrected chi connectivity index (χ4v) is 0.548. The highest BCUT2D eigenvalue weighted by molar-refractivity contribution is 5.22. The van der Waals surface area contributed by atoms with Crippen molar-refractivity contribution in [2.45, 2.75) is 20.8 Å². The molecule has 0 heteroatoms. The molecule has 0 rings (SSSR count). The summed E-state index contributed by atoms with van der Waals surface area (Å²) in [5.41, 5.74) is 1.03. The first-order chi connectivity index (χ1) is 3.66. The first-order valence-electron chi connectivity index (χ1n) is 2.82. The van der Waals surface area contributed by atoms with Gasteiger partial charge in [-0.1, -0.05) is 25.8 Å². The highest BCUT2D eigenvalue weighted by Gasteiger charge is 1.84. The first-order valence-corrected chi connectivity index (χ1v) is 2.82. The molecule has 0 saturated heterocycles. The van der Waals surface area contributed by atoms with Gasteiger partial charge in [0.15, 0.2) is 0 Å². The van der Waals surface area contributed by atoms with Crippen molar-refractivity contribution in [3.63, 3.8) is 0 Å². The van der Waals surface area contributed by atoms with Gasteiger partial charge < -0.3 is 0 Å². The minimum Gasteiger partial charge on any atom is -0.115 e. The quantitative estimate of drug-likeness (QED) is 0.452. The van der Waals surface area contributed by atoms with Crippen molar-refractivity contribution < 1.29 is 0 Å². The molecule has 0 aromatic heterocycles. The van der Waals surface area contributed by atoms with E-state index in [1.54, 1.807) is 0 Å². The molecule has 8 heavy (non-hydrogen) atoms. The van der Waals surface area contributed by atoms with Crippen LogP contribution in [0.2, 0.25) is 0 Å². The Morgan fingerprint density at radius 1 is 1.62 bits per heavy atom. The van der Waals surface area contributed by atoms with Gasteiger partial charge in [0.05, 0.1) is 0 Å². The molecule has 44 valence electrons. The predicted molar refractivity (Wildman–Crippen MR) is 37.4 cm³/mol. The van der Waals surface area contributed by atoms with Crippen LogP contribution >= 0.6 is 0 Å². The Morgan fingerprint density at radius 3 is 2.25 bits per heavy atom. The maximum atomic E-state index is 5.10. The van der Waals surface area contributed by atoms with Gasteiger partial charge in [-0.05, 0) is 18.4 Å². The van der Waals surface area contributed by atoms with Crippen LogP contribution in [-0.4, -0.2) is 0 Å². The molecule has 0 fully saturated rings. The minimum absolute atomic E-state index is 0.575. The summed E-state index contributed by atoms with van der Waals surface area (Å²) < 4.78 is 0. The largest absolute Gasteiger partial charge is 0.115 e. The van der Waals surface area contributed by atoms with Gasteiger partial charge >= 0.3 is 0 Å². The lowest BCUT2D eigenvalue weighted by Crippen LogP contribution is -1.79. The number of terminal acetylenes is 1. The standard InChI is InChI=1S/C8H12/c1-5-8(4)6-7(2)3/h1,6-7H,2-4H3/b8-6+. The molecule has 0 aliphatic heterocycles. The molecule has 0 amide bonds. The zero-order valence-corrected chi connectivity index (χ0v) is 5.73. The van der Waals surface area contributed by atoms with Gasteiger partial charge in [-0.15, -0.1) is 6.42 Å². The Kier molecular flexibility index (Phi) is 3.03. The Hall–Kier alpha value is -0.700. The number of hydrogen-bond acceptors (Lipinski definition) is 0. The average molecular weight is 108 g/mol. The van der Waals surface area contributed by atoms with Crippen LogP contribution in [0.5, 0.6) is 0 Å². The summed E-state index contributed by atoms with van der Waals surface area (Å²) in [7, 11) is 0. The van der Waals surface area contributed by atoms with Crippen molar-refractivity contribution in [1.82, 2.24) is 0 Å². The summed E-state index contributed by atoms with van der Waals surface area (Å²) in [6.45, 7) is 6.17. The molecule has 0 saturated carbocycles. The molecular formula is C8H12. The van der Waals surface area contributed by atoms with Gasteiger partial charge in [0.1, 0.15) is 0 Å². The van der Waals surface area contributed by atoms with Gasteiger partial charge in [-0.3, -0.25) is 0 Å². The summed E-state index contributed by atoms with van der Waals surface area (Å²) in [6.07, 6.45) is 7.17. The third-order valence-electron chi connectivity index (χ3n) is 0.811. The Balaban J connectivity index is 3.80. The van der Waals surface area contributed by atoms with E-state index in [1.807, 2.05) is 6.92 Å². The summed E-state index contributed by atoms with van der Waals surface area (Å²) >= 11 is 0. The third-order valence-corrected chi connectivity index (χ3v) is 0.811. The molecule has 0 bridgehead atoms. The number of rotatable bonds is 1. The minimum atomic E-state index is 0.575. The molecule has 0 atom stereocenters. The molecule has 0 unspecified atom stereocenters. The van der Waals surface area contributed by atoms with E-state index in [-0.39, 0.29) is 0 Å². The molecule has 0 radical (unpaired) electrons. The normalized spacial score (nSPS) is 11.6. The zero-order valence-electron chi connectivity index (χ0n) is 5.73. The zero-order chi connectivity index (χ0) is 6.57. The fraction of sp³-hybridized carbons (Fsp3) is 0.500. The lowest BCUT2D eigenvalue weighted by Gasteiger charge is -1.92. The van der Waals surface area contributed by atoms with Crippen LogP contribution in [0.4, 0.5) is 0 Å². The third kappa shape index (κ3) is 3.49. The number of allylic oxidation sites excluding steroid dienone is 2. The van der Waals surface area contributed by atoms with Gasteiger partial charge in [-0.25, -0.2) is 0 Å². The Labute approximate surface area is 51.6 Å². The highest BCUT2D eigenvalue weighted by Crippen LogP contribution is 1.98. The monoisotopic (exact) mass is 108 g/mol. The second kappa shape index (κ2) is 3.32. The first kappa shape index (κ1) is 7.30. The van der Waals surface area contributed by atoms with Crippen LogP contribution in [0.1, 0.15) is 20.8 Å². The van der Waals surface area contributed by atoms with Crippen LogP contribution in [0.15, 0.2) is 11.6 Å². The molecule has 0 spiro atoms. The van der Waals surface area contributed by atoms with Crippen molar-refractivity contribution in [2.75, 3.05) is 0 Å². The van der Waals surface area contributed by atoms with Crippen LogP contribution in [0.3, 0.4) is 0 Å². The Morgan fingerprint density at radius 2 is 2.12 bits per heavy atom. The molecule has 0 heterocycles. The van der Waals surface area contributed by atoms with Gasteiger partial charge in [-0.2, -0.15) is 0 Å². The molecule has 0 nitrogen and oxygen atoms in total. The molecular weight excluding hydrogens is 96.1 g/mol. The van der Waals surface area contributed by atoms with Gasteiger partial charge in [0, 0.05) is 0 Å². The van der Waals surface area contributed by atoms with E-state index < -0.39 is 0 Å². The number of hydrogen-bond donors (Lipinski definition) is 0.